The van der Waals surface area contributed by atoms with Crippen molar-refractivity contribution in [3.8, 4) is 5.75 Å². The number of carbonyl (C=O) groups is 1. The Labute approximate surface area is 135 Å². The van der Waals surface area contributed by atoms with Crippen molar-refractivity contribution >= 4 is 17.7 Å². The number of rotatable bonds is 7. The normalized spacial score (nSPS) is 10.4. The molecule has 0 spiro atoms. The standard InChI is InChI=1S/C17H20N2O2S/c1-19(13-14-5-3-9-18-12-14)17(21)8-4-10-22-16-7-2-6-15(20)11-16/h2-3,5-7,9,11-12,20H,4,8,10,13H2,1H3. The van der Waals surface area contributed by atoms with Crippen molar-refractivity contribution in [1.82, 2.24) is 9.88 Å². The highest BCUT2D eigenvalue weighted by Crippen LogP contribution is 2.23. The summed E-state index contributed by atoms with van der Waals surface area (Å²) in [6.07, 6.45) is 4.85. The van der Waals surface area contributed by atoms with E-state index in [1.165, 1.54) is 0 Å². The summed E-state index contributed by atoms with van der Waals surface area (Å²) < 4.78 is 0. The highest BCUT2D eigenvalue weighted by molar-refractivity contribution is 7.99. The van der Waals surface area contributed by atoms with E-state index < -0.39 is 0 Å². The number of hydrogen-bond donors (Lipinski definition) is 1. The first kappa shape index (κ1) is 16.4. The van der Waals surface area contributed by atoms with Gasteiger partial charge in [0.2, 0.25) is 5.91 Å². The van der Waals surface area contributed by atoms with Crippen molar-refractivity contribution in [1.29, 1.82) is 0 Å². The van der Waals surface area contributed by atoms with Gasteiger partial charge in [0, 0.05) is 37.3 Å². The molecule has 4 nitrogen and oxygen atoms in total. The van der Waals surface area contributed by atoms with E-state index in [1.807, 2.05) is 31.3 Å². The zero-order valence-electron chi connectivity index (χ0n) is 12.6. The van der Waals surface area contributed by atoms with E-state index in [0.29, 0.717) is 13.0 Å². The Hall–Kier alpha value is -2.01. The van der Waals surface area contributed by atoms with Gasteiger partial charge < -0.3 is 10.0 Å². The van der Waals surface area contributed by atoms with E-state index in [1.54, 1.807) is 41.2 Å². The number of thioether (sulfide) groups is 1. The van der Waals surface area contributed by atoms with Gasteiger partial charge in [0.25, 0.3) is 0 Å². The molecule has 1 heterocycles. The van der Waals surface area contributed by atoms with Gasteiger partial charge in [0.1, 0.15) is 5.75 Å². The lowest BCUT2D eigenvalue weighted by Gasteiger charge is -2.17. The minimum atomic E-state index is 0.139. The summed E-state index contributed by atoms with van der Waals surface area (Å²) in [6, 6.07) is 11.0. The summed E-state index contributed by atoms with van der Waals surface area (Å²) in [7, 11) is 1.82. The summed E-state index contributed by atoms with van der Waals surface area (Å²) in [6.45, 7) is 0.590. The number of aromatic nitrogens is 1. The SMILES string of the molecule is CN(Cc1cccnc1)C(=O)CCCSc1cccc(O)c1. The molecule has 0 aliphatic heterocycles. The third-order valence-corrected chi connectivity index (χ3v) is 4.27. The molecule has 1 N–H and O–H groups in total. The molecular formula is C17H20N2O2S. The molecular weight excluding hydrogens is 296 g/mol. The summed E-state index contributed by atoms with van der Waals surface area (Å²) in [5, 5.41) is 9.39. The number of benzene rings is 1. The molecule has 0 radical (unpaired) electrons. The number of phenols is 1. The van der Waals surface area contributed by atoms with Gasteiger partial charge in [-0.3, -0.25) is 9.78 Å². The third kappa shape index (κ3) is 5.41. The maximum absolute atomic E-state index is 12.1. The smallest absolute Gasteiger partial charge is 0.222 e. The van der Waals surface area contributed by atoms with Gasteiger partial charge in [-0.1, -0.05) is 12.1 Å². The fraction of sp³-hybridized carbons (Fsp3) is 0.294. The van der Waals surface area contributed by atoms with Gasteiger partial charge in [0.05, 0.1) is 0 Å². The number of amides is 1. The molecule has 2 aromatic rings. The lowest BCUT2D eigenvalue weighted by atomic mass is 10.2. The predicted molar refractivity (Wildman–Crippen MR) is 88.8 cm³/mol. The monoisotopic (exact) mass is 316 g/mol. The molecule has 1 amide bonds. The maximum atomic E-state index is 12.1. The Morgan fingerprint density at radius 2 is 2.18 bits per heavy atom. The van der Waals surface area contributed by atoms with Gasteiger partial charge in [-0.25, -0.2) is 0 Å². The first-order valence-electron chi connectivity index (χ1n) is 7.20. The topological polar surface area (TPSA) is 53.4 Å². The molecule has 116 valence electrons. The van der Waals surface area contributed by atoms with Gasteiger partial charge in [-0.05, 0) is 42.0 Å². The molecule has 5 heteroatoms. The molecule has 2 rings (SSSR count). The zero-order chi connectivity index (χ0) is 15.8. The van der Waals surface area contributed by atoms with Crippen LogP contribution in [0, 0.1) is 0 Å². The molecule has 1 aromatic carbocycles. The van der Waals surface area contributed by atoms with E-state index in [2.05, 4.69) is 4.98 Å². The molecule has 0 saturated carbocycles. The van der Waals surface area contributed by atoms with E-state index in [0.717, 1.165) is 22.6 Å². The number of hydrogen-bond acceptors (Lipinski definition) is 4. The zero-order valence-corrected chi connectivity index (χ0v) is 13.4. The Balaban J connectivity index is 1.69. The highest BCUT2D eigenvalue weighted by atomic mass is 32.2. The van der Waals surface area contributed by atoms with Crippen molar-refractivity contribution in [3.05, 3.63) is 54.4 Å². The third-order valence-electron chi connectivity index (χ3n) is 3.19. The van der Waals surface area contributed by atoms with Crippen LogP contribution in [0.15, 0.2) is 53.7 Å². The number of aromatic hydroxyl groups is 1. The molecule has 0 aliphatic rings. The quantitative estimate of drug-likeness (QED) is 0.629. The molecule has 0 atom stereocenters. The van der Waals surface area contributed by atoms with Crippen molar-refractivity contribution in [2.75, 3.05) is 12.8 Å². The Morgan fingerprint density at radius 3 is 2.91 bits per heavy atom. The molecule has 0 saturated heterocycles. The van der Waals surface area contributed by atoms with Crippen molar-refractivity contribution in [2.24, 2.45) is 0 Å². The van der Waals surface area contributed by atoms with E-state index in [4.69, 9.17) is 0 Å². The van der Waals surface area contributed by atoms with Crippen molar-refractivity contribution in [2.45, 2.75) is 24.3 Å². The first-order valence-corrected chi connectivity index (χ1v) is 8.18. The second-order valence-electron chi connectivity index (χ2n) is 5.06. The molecule has 1 aromatic heterocycles. The maximum Gasteiger partial charge on any atom is 0.222 e. The largest absolute Gasteiger partial charge is 0.508 e. The molecule has 0 aliphatic carbocycles. The molecule has 22 heavy (non-hydrogen) atoms. The van der Waals surface area contributed by atoms with Crippen LogP contribution >= 0.6 is 11.8 Å². The lowest BCUT2D eigenvalue weighted by Crippen LogP contribution is -2.26. The average Bonchev–Trinajstić information content (AvgIpc) is 2.52. The second-order valence-corrected chi connectivity index (χ2v) is 6.23. The van der Waals surface area contributed by atoms with Crippen LogP contribution in [0.3, 0.4) is 0 Å². The Morgan fingerprint density at radius 1 is 1.32 bits per heavy atom. The van der Waals surface area contributed by atoms with Crippen LogP contribution in [0.25, 0.3) is 0 Å². The van der Waals surface area contributed by atoms with Gasteiger partial charge in [-0.2, -0.15) is 0 Å². The van der Waals surface area contributed by atoms with Crippen molar-refractivity contribution < 1.29 is 9.90 Å². The fourth-order valence-corrected chi connectivity index (χ4v) is 2.93. The van der Waals surface area contributed by atoms with Crippen LogP contribution in [0.5, 0.6) is 5.75 Å². The molecule has 0 bridgehead atoms. The van der Waals surface area contributed by atoms with Crippen LogP contribution in [0.1, 0.15) is 18.4 Å². The summed E-state index contributed by atoms with van der Waals surface area (Å²) in [4.78, 5) is 18.9. The van der Waals surface area contributed by atoms with E-state index in [9.17, 15) is 9.90 Å². The number of phenolic OH excluding ortho intramolecular Hbond substituents is 1. The van der Waals surface area contributed by atoms with Crippen LogP contribution in [0.4, 0.5) is 0 Å². The Kier molecular flexibility index (Phi) is 6.27. The van der Waals surface area contributed by atoms with Crippen LogP contribution in [-0.4, -0.2) is 33.7 Å². The second kappa shape index (κ2) is 8.44. The van der Waals surface area contributed by atoms with Gasteiger partial charge in [0.15, 0.2) is 0 Å². The van der Waals surface area contributed by atoms with Gasteiger partial charge >= 0.3 is 0 Å². The summed E-state index contributed by atoms with van der Waals surface area (Å²) >= 11 is 1.65. The fourth-order valence-electron chi connectivity index (χ4n) is 2.03. The minimum Gasteiger partial charge on any atom is -0.508 e. The predicted octanol–water partition coefficient (Wildman–Crippen LogP) is 3.32. The Bertz CT molecular complexity index is 605. The number of nitrogens with zero attached hydrogens (tertiary/aromatic N) is 2. The molecule has 0 unspecified atom stereocenters. The van der Waals surface area contributed by atoms with Crippen LogP contribution < -0.4 is 0 Å². The summed E-state index contributed by atoms with van der Waals surface area (Å²) in [5.74, 6) is 1.27. The number of carbonyl (C=O) groups excluding carboxylic acids is 1. The minimum absolute atomic E-state index is 0.139. The average molecular weight is 316 g/mol. The molecule has 0 fully saturated rings. The van der Waals surface area contributed by atoms with E-state index in [-0.39, 0.29) is 11.7 Å². The highest BCUT2D eigenvalue weighted by Gasteiger charge is 2.09. The lowest BCUT2D eigenvalue weighted by molar-refractivity contribution is -0.130. The van der Waals surface area contributed by atoms with Crippen molar-refractivity contribution in [3.63, 3.8) is 0 Å². The van der Waals surface area contributed by atoms with Gasteiger partial charge in [-0.15, -0.1) is 11.8 Å². The van der Waals surface area contributed by atoms with Crippen LogP contribution in [0.2, 0.25) is 0 Å². The van der Waals surface area contributed by atoms with Crippen LogP contribution in [-0.2, 0) is 11.3 Å². The number of pyridine rings is 1. The van der Waals surface area contributed by atoms with E-state index >= 15 is 0 Å². The first-order chi connectivity index (χ1) is 10.6. The summed E-state index contributed by atoms with van der Waals surface area (Å²) in [5.41, 5.74) is 1.03.